The highest BCUT2D eigenvalue weighted by Gasteiger charge is 2.26. The highest BCUT2D eigenvalue weighted by molar-refractivity contribution is 7.99. The first kappa shape index (κ1) is 12.3. The van der Waals surface area contributed by atoms with Crippen molar-refractivity contribution in [2.24, 2.45) is 0 Å². The largest absolute Gasteiger partial charge is 0.491 e. The average Bonchev–Trinajstić information content (AvgIpc) is 2.80. The van der Waals surface area contributed by atoms with Crippen LogP contribution in [0.3, 0.4) is 0 Å². The second-order valence-electron chi connectivity index (χ2n) is 4.27. The SMILES string of the molecule is N#Cc1cccc(Sc2ccc3c(c2)COB3O)c1. The molecule has 5 heteroatoms. The first-order valence-electron chi connectivity index (χ1n) is 5.87. The van der Waals surface area contributed by atoms with Gasteiger partial charge in [0, 0.05) is 9.79 Å². The average molecular weight is 267 g/mol. The van der Waals surface area contributed by atoms with E-state index in [1.54, 1.807) is 17.8 Å². The molecule has 2 aromatic carbocycles. The van der Waals surface area contributed by atoms with E-state index in [2.05, 4.69) is 6.07 Å². The first-order chi connectivity index (χ1) is 9.26. The van der Waals surface area contributed by atoms with Gasteiger partial charge >= 0.3 is 7.12 Å². The normalized spacial score (nSPS) is 13.2. The summed E-state index contributed by atoms with van der Waals surface area (Å²) >= 11 is 1.60. The lowest BCUT2D eigenvalue weighted by Gasteiger charge is -2.04. The van der Waals surface area contributed by atoms with E-state index in [4.69, 9.17) is 9.92 Å². The van der Waals surface area contributed by atoms with E-state index >= 15 is 0 Å². The van der Waals surface area contributed by atoms with Crippen LogP contribution in [0.15, 0.2) is 52.3 Å². The molecular formula is C14H10BNO2S. The predicted octanol–water partition coefficient (Wildman–Crippen LogP) is 1.93. The number of rotatable bonds is 2. The molecule has 1 aliphatic rings. The van der Waals surface area contributed by atoms with Crippen molar-refractivity contribution in [2.45, 2.75) is 16.4 Å². The number of nitrogens with zero attached hydrogens (tertiary/aromatic N) is 1. The molecule has 0 radical (unpaired) electrons. The maximum absolute atomic E-state index is 9.57. The van der Waals surface area contributed by atoms with Crippen molar-refractivity contribution in [1.29, 1.82) is 5.26 Å². The summed E-state index contributed by atoms with van der Waals surface area (Å²) in [5.74, 6) is 0. The van der Waals surface area contributed by atoms with Crippen molar-refractivity contribution in [3.05, 3.63) is 53.6 Å². The molecule has 19 heavy (non-hydrogen) atoms. The number of nitriles is 1. The predicted molar refractivity (Wildman–Crippen MR) is 74.1 cm³/mol. The van der Waals surface area contributed by atoms with Crippen molar-refractivity contribution < 1.29 is 9.68 Å². The monoisotopic (exact) mass is 267 g/mol. The minimum absolute atomic E-state index is 0.448. The van der Waals surface area contributed by atoms with Crippen molar-refractivity contribution in [1.82, 2.24) is 0 Å². The minimum atomic E-state index is -0.795. The molecule has 0 saturated carbocycles. The number of hydrogen-bond donors (Lipinski definition) is 1. The summed E-state index contributed by atoms with van der Waals surface area (Å²) in [6, 6.07) is 15.5. The Hall–Kier alpha value is -1.74. The van der Waals surface area contributed by atoms with E-state index in [-0.39, 0.29) is 0 Å². The van der Waals surface area contributed by atoms with Gasteiger partial charge in [-0.05, 0) is 41.4 Å². The molecule has 92 valence electrons. The second kappa shape index (κ2) is 5.10. The zero-order valence-corrected chi connectivity index (χ0v) is 10.9. The quantitative estimate of drug-likeness (QED) is 0.845. The lowest BCUT2D eigenvalue weighted by molar-refractivity contribution is 0.275. The molecule has 1 aliphatic heterocycles. The molecule has 0 aliphatic carbocycles. The Morgan fingerprint density at radius 1 is 1.21 bits per heavy atom. The fourth-order valence-corrected chi connectivity index (χ4v) is 2.98. The lowest BCUT2D eigenvalue weighted by atomic mass is 9.80. The van der Waals surface area contributed by atoms with Crippen molar-refractivity contribution in [2.75, 3.05) is 0 Å². The zero-order valence-electron chi connectivity index (χ0n) is 10.0. The van der Waals surface area contributed by atoms with Crippen molar-refractivity contribution >= 4 is 24.3 Å². The van der Waals surface area contributed by atoms with Gasteiger partial charge in [-0.25, -0.2) is 0 Å². The fraction of sp³-hybridized carbons (Fsp3) is 0.0714. The molecule has 3 rings (SSSR count). The molecule has 2 aromatic rings. The van der Waals surface area contributed by atoms with Gasteiger partial charge in [0.15, 0.2) is 0 Å². The molecule has 0 fully saturated rings. The van der Waals surface area contributed by atoms with Gasteiger partial charge in [-0.1, -0.05) is 23.9 Å². The highest BCUT2D eigenvalue weighted by Crippen LogP contribution is 2.29. The fourth-order valence-electron chi connectivity index (χ4n) is 2.04. The van der Waals surface area contributed by atoms with Crippen LogP contribution in [0, 0.1) is 11.3 Å². The third-order valence-corrected chi connectivity index (χ3v) is 3.96. The van der Waals surface area contributed by atoms with Crippen LogP contribution in [0.25, 0.3) is 0 Å². The summed E-state index contributed by atoms with van der Waals surface area (Å²) in [5.41, 5.74) is 2.52. The molecule has 3 nitrogen and oxygen atoms in total. The molecule has 0 aromatic heterocycles. The third-order valence-electron chi connectivity index (χ3n) is 2.98. The smallest absolute Gasteiger partial charge is 0.423 e. The second-order valence-corrected chi connectivity index (χ2v) is 5.41. The number of hydrogen-bond acceptors (Lipinski definition) is 4. The Morgan fingerprint density at radius 2 is 2.05 bits per heavy atom. The van der Waals surface area contributed by atoms with Gasteiger partial charge in [0.2, 0.25) is 0 Å². The van der Waals surface area contributed by atoms with Gasteiger partial charge < -0.3 is 9.68 Å². The van der Waals surface area contributed by atoms with Gasteiger partial charge in [-0.2, -0.15) is 5.26 Å². The van der Waals surface area contributed by atoms with E-state index < -0.39 is 7.12 Å². The van der Waals surface area contributed by atoms with Crippen LogP contribution in [-0.2, 0) is 11.3 Å². The van der Waals surface area contributed by atoms with E-state index in [9.17, 15) is 5.02 Å². The number of fused-ring (bicyclic) bond motifs is 1. The maximum Gasteiger partial charge on any atom is 0.491 e. The Kier molecular flexibility index (Phi) is 3.30. The van der Waals surface area contributed by atoms with Crippen LogP contribution in [0.2, 0.25) is 0 Å². The van der Waals surface area contributed by atoms with E-state index in [0.717, 1.165) is 20.8 Å². The van der Waals surface area contributed by atoms with Gasteiger partial charge in [-0.3, -0.25) is 0 Å². The molecule has 0 saturated heterocycles. The van der Waals surface area contributed by atoms with Crippen molar-refractivity contribution in [3.63, 3.8) is 0 Å². The molecule has 1 N–H and O–H groups in total. The molecule has 1 heterocycles. The van der Waals surface area contributed by atoms with Crippen LogP contribution < -0.4 is 5.46 Å². The molecular weight excluding hydrogens is 257 g/mol. The van der Waals surface area contributed by atoms with Crippen LogP contribution in [0.5, 0.6) is 0 Å². The summed E-state index contributed by atoms with van der Waals surface area (Å²) < 4.78 is 5.17. The molecule has 0 amide bonds. The van der Waals surface area contributed by atoms with E-state index in [1.165, 1.54) is 0 Å². The summed E-state index contributed by atoms with van der Waals surface area (Å²) in [6.07, 6.45) is 0. The van der Waals surface area contributed by atoms with E-state index in [1.807, 2.05) is 36.4 Å². The minimum Gasteiger partial charge on any atom is -0.423 e. The van der Waals surface area contributed by atoms with Crippen molar-refractivity contribution in [3.8, 4) is 6.07 Å². The Balaban J connectivity index is 1.86. The van der Waals surface area contributed by atoms with Gasteiger partial charge in [-0.15, -0.1) is 0 Å². The zero-order chi connectivity index (χ0) is 13.2. The van der Waals surface area contributed by atoms with E-state index in [0.29, 0.717) is 12.2 Å². The summed E-state index contributed by atoms with van der Waals surface area (Å²) in [6.45, 7) is 0.448. The third kappa shape index (κ3) is 2.52. The Morgan fingerprint density at radius 3 is 2.89 bits per heavy atom. The van der Waals surface area contributed by atoms with Crippen LogP contribution in [0.1, 0.15) is 11.1 Å². The number of benzene rings is 2. The first-order valence-corrected chi connectivity index (χ1v) is 6.68. The Labute approximate surface area is 116 Å². The summed E-state index contributed by atoms with van der Waals surface area (Å²) in [7, 11) is -0.795. The molecule has 0 unspecified atom stereocenters. The Bertz CT molecular complexity index is 669. The van der Waals surface area contributed by atoms with Crippen LogP contribution in [0.4, 0.5) is 0 Å². The van der Waals surface area contributed by atoms with Gasteiger partial charge in [0.25, 0.3) is 0 Å². The maximum atomic E-state index is 9.57. The van der Waals surface area contributed by atoms with Crippen LogP contribution in [-0.4, -0.2) is 12.1 Å². The molecule has 0 atom stereocenters. The topological polar surface area (TPSA) is 53.2 Å². The summed E-state index contributed by atoms with van der Waals surface area (Å²) in [4.78, 5) is 2.10. The summed E-state index contributed by atoms with van der Waals surface area (Å²) in [5, 5.41) is 18.4. The van der Waals surface area contributed by atoms with Crippen LogP contribution >= 0.6 is 11.8 Å². The highest BCUT2D eigenvalue weighted by atomic mass is 32.2. The standard InChI is InChI=1S/C14H10BNO2S/c16-8-10-2-1-3-12(6-10)19-13-4-5-14-11(7-13)9-18-15(14)17/h1-7,17H,9H2. The van der Waals surface area contributed by atoms with Gasteiger partial charge in [0.05, 0.1) is 18.2 Å². The molecule has 0 bridgehead atoms. The lowest BCUT2D eigenvalue weighted by Crippen LogP contribution is -2.27. The molecule has 0 spiro atoms. The van der Waals surface area contributed by atoms with Gasteiger partial charge in [0.1, 0.15) is 0 Å².